The molecule has 3 nitrogen and oxygen atoms in total. The summed E-state index contributed by atoms with van der Waals surface area (Å²) in [5, 5.41) is 9.98. The Morgan fingerprint density at radius 1 is 1.53 bits per heavy atom. The maximum Gasteiger partial charge on any atom is 0.333 e. The molecule has 0 atom stereocenters. The number of esters is 1. The number of ether oxygens (including phenoxy) is 1. The molecule has 1 N–H and O–H groups in total. The largest absolute Gasteiger partial charge is 0.459 e. The molecular weight excluding hydrogens is 192 g/mol. The van der Waals surface area contributed by atoms with Crippen molar-refractivity contribution in [1.29, 1.82) is 0 Å². The summed E-state index contributed by atoms with van der Waals surface area (Å²) in [4.78, 5) is 11.3. The van der Waals surface area contributed by atoms with Crippen LogP contribution in [0.2, 0.25) is 0 Å². The molecule has 0 bridgehead atoms. The minimum Gasteiger partial charge on any atom is -0.459 e. The zero-order valence-corrected chi connectivity index (χ0v) is 9.58. The number of carbonyl (C=O) groups excluding carboxylic acids is 1. The average Bonchev–Trinajstić information content (AvgIpc) is 2.21. The van der Waals surface area contributed by atoms with Gasteiger partial charge in [0.1, 0.15) is 6.10 Å². The zero-order valence-electron chi connectivity index (χ0n) is 9.58. The average molecular weight is 212 g/mol. The van der Waals surface area contributed by atoms with Crippen LogP contribution < -0.4 is 0 Å². The van der Waals surface area contributed by atoms with Crippen LogP contribution in [0.3, 0.4) is 0 Å². The van der Waals surface area contributed by atoms with E-state index in [1.165, 1.54) is 0 Å². The third kappa shape index (κ3) is 3.34. The highest BCUT2D eigenvalue weighted by Gasteiger charge is 2.32. The number of rotatable bonds is 3. The van der Waals surface area contributed by atoms with Crippen LogP contribution in [0.5, 0.6) is 0 Å². The van der Waals surface area contributed by atoms with Gasteiger partial charge in [0, 0.05) is 5.57 Å². The summed E-state index contributed by atoms with van der Waals surface area (Å²) in [7, 11) is 0. The van der Waals surface area contributed by atoms with Crippen LogP contribution >= 0.6 is 0 Å². The lowest BCUT2D eigenvalue weighted by molar-refractivity contribution is -0.148. The Morgan fingerprint density at radius 3 is 2.47 bits per heavy atom. The van der Waals surface area contributed by atoms with Crippen molar-refractivity contribution in [2.75, 3.05) is 0 Å². The molecule has 0 heterocycles. The minimum absolute atomic E-state index is 0.0407. The van der Waals surface area contributed by atoms with Gasteiger partial charge in [0.15, 0.2) is 0 Å². The Balaban J connectivity index is 2.38. The van der Waals surface area contributed by atoms with Gasteiger partial charge < -0.3 is 9.84 Å². The molecule has 1 fully saturated rings. The fraction of sp³-hybridized carbons (Fsp3) is 0.750. The summed E-state index contributed by atoms with van der Waals surface area (Å²) in [6.45, 7) is 7.17. The zero-order chi connectivity index (χ0) is 11.5. The van der Waals surface area contributed by atoms with Gasteiger partial charge in [-0.05, 0) is 39.0 Å². The molecule has 0 unspecified atom stereocenters. The van der Waals surface area contributed by atoms with Gasteiger partial charge >= 0.3 is 5.97 Å². The SMILES string of the molecule is C=C(C)C(=O)OC1CCC(O)(CC)CC1. The molecular formula is C12H20O3. The summed E-state index contributed by atoms with van der Waals surface area (Å²) in [5.74, 6) is -0.318. The second-order valence-corrected chi connectivity index (χ2v) is 4.46. The van der Waals surface area contributed by atoms with E-state index in [4.69, 9.17) is 4.74 Å². The number of aliphatic hydroxyl groups is 1. The first-order valence-electron chi connectivity index (χ1n) is 5.56. The molecule has 0 saturated heterocycles. The highest BCUT2D eigenvalue weighted by atomic mass is 16.5. The van der Waals surface area contributed by atoms with Crippen molar-refractivity contribution in [1.82, 2.24) is 0 Å². The van der Waals surface area contributed by atoms with Gasteiger partial charge in [0.05, 0.1) is 5.60 Å². The van der Waals surface area contributed by atoms with Gasteiger partial charge in [-0.2, -0.15) is 0 Å². The van der Waals surface area contributed by atoms with Crippen LogP contribution in [0.15, 0.2) is 12.2 Å². The standard InChI is InChI=1S/C12H20O3/c1-4-12(14)7-5-10(6-8-12)15-11(13)9(2)3/h10,14H,2,4-8H2,1,3H3. The smallest absolute Gasteiger partial charge is 0.333 e. The molecule has 0 amide bonds. The second kappa shape index (κ2) is 4.79. The van der Waals surface area contributed by atoms with Gasteiger partial charge in [0.25, 0.3) is 0 Å². The summed E-state index contributed by atoms with van der Waals surface area (Å²) in [5.41, 5.74) is -0.0992. The summed E-state index contributed by atoms with van der Waals surface area (Å²) in [6, 6.07) is 0. The topological polar surface area (TPSA) is 46.5 Å². The van der Waals surface area contributed by atoms with E-state index >= 15 is 0 Å². The van der Waals surface area contributed by atoms with Crippen molar-refractivity contribution in [3.05, 3.63) is 12.2 Å². The monoisotopic (exact) mass is 212 g/mol. The van der Waals surface area contributed by atoms with Crippen LogP contribution in [0.25, 0.3) is 0 Å². The van der Waals surface area contributed by atoms with E-state index in [1.54, 1.807) is 6.92 Å². The fourth-order valence-electron chi connectivity index (χ4n) is 1.85. The quantitative estimate of drug-likeness (QED) is 0.576. The van der Waals surface area contributed by atoms with Crippen LogP contribution in [0.1, 0.15) is 46.0 Å². The predicted octanol–water partition coefficient (Wildman–Crippen LogP) is 2.19. The Hall–Kier alpha value is -0.830. The third-order valence-corrected chi connectivity index (χ3v) is 3.14. The van der Waals surface area contributed by atoms with Crippen molar-refractivity contribution in [2.24, 2.45) is 0 Å². The van der Waals surface area contributed by atoms with E-state index in [-0.39, 0.29) is 12.1 Å². The van der Waals surface area contributed by atoms with Crippen molar-refractivity contribution >= 4 is 5.97 Å². The van der Waals surface area contributed by atoms with Gasteiger partial charge in [-0.15, -0.1) is 0 Å². The molecule has 0 aromatic rings. The highest BCUT2D eigenvalue weighted by molar-refractivity contribution is 5.87. The van der Waals surface area contributed by atoms with E-state index in [9.17, 15) is 9.90 Å². The van der Waals surface area contributed by atoms with E-state index in [0.717, 1.165) is 32.1 Å². The Morgan fingerprint density at radius 2 is 2.07 bits per heavy atom. The lowest BCUT2D eigenvalue weighted by Gasteiger charge is -2.34. The Labute approximate surface area is 91.1 Å². The molecule has 1 aliphatic rings. The lowest BCUT2D eigenvalue weighted by atomic mass is 9.81. The normalized spacial score (nSPS) is 31.0. The van der Waals surface area contributed by atoms with Crippen molar-refractivity contribution < 1.29 is 14.6 Å². The van der Waals surface area contributed by atoms with Crippen LogP contribution in [0, 0.1) is 0 Å². The van der Waals surface area contributed by atoms with E-state index < -0.39 is 5.60 Å². The third-order valence-electron chi connectivity index (χ3n) is 3.14. The van der Waals surface area contributed by atoms with Crippen LogP contribution in [-0.2, 0) is 9.53 Å². The molecule has 0 aromatic carbocycles. The summed E-state index contributed by atoms with van der Waals surface area (Å²) in [6.07, 6.45) is 3.68. The second-order valence-electron chi connectivity index (χ2n) is 4.46. The molecule has 1 saturated carbocycles. The molecule has 3 heteroatoms. The first-order chi connectivity index (χ1) is 6.97. The summed E-state index contributed by atoms with van der Waals surface area (Å²) >= 11 is 0. The van der Waals surface area contributed by atoms with E-state index in [1.807, 2.05) is 6.92 Å². The number of hydrogen-bond acceptors (Lipinski definition) is 3. The van der Waals surface area contributed by atoms with Gasteiger partial charge in [-0.25, -0.2) is 4.79 Å². The molecule has 86 valence electrons. The predicted molar refractivity (Wildman–Crippen MR) is 58.4 cm³/mol. The first kappa shape index (κ1) is 12.2. The number of carbonyl (C=O) groups is 1. The maximum atomic E-state index is 11.3. The Bertz CT molecular complexity index is 250. The molecule has 1 aliphatic carbocycles. The molecule has 0 aliphatic heterocycles. The van der Waals surface area contributed by atoms with Crippen molar-refractivity contribution in [3.63, 3.8) is 0 Å². The van der Waals surface area contributed by atoms with Crippen LogP contribution in [0.4, 0.5) is 0 Å². The van der Waals surface area contributed by atoms with Gasteiger partial charge in [-0.3, -0.25) is 0 Å². The van der Waals surface area contributed by atoms with Gasteiger partial charge in [-0.1, -0.05) is 13.5 Å². The molecule has 0 spiro atoms. The fourth-order valence-corrected chi connectivity index (χ4v) is 1.85. The molecule has 15 heavy (non-hydrogen) atoms. The molecule has 0 radical (unpaired) electrons. The van der Waals surface area contributed by atoms with Crippen LogP contribution in [-0.4, -0.2) is 22.8 Å². The number of hydrogen-bond donors (Lipinski definition) is 1. The maximum absolute atomic E-state index is 11.3. The van der Waals surface area contributed by atoms with E-state index in [0.29, 0.717) is 5.57 Å². The Kier molecular flexibility index (Phi) is 3.91. The van der Waals surface area contributed by atoms with Crippen molar-refractivity contribution in [2.45, 2.75) is 57.7 Å². The minimum atomic E-state index is -0.536. The lowest BCUT2D eigenvalue weighted by Crippen LogP contribution is -2.36. The van der Waals surface area contributed by atoms with Crippen molar-refractivity contribution in [3.8, 4) is 0 Å². The van der Waals surface area contributed by atoms with E-state index in [2.05, 4.69) is 6.58 Å². The highest BCUT2D eigenvalue weighted by Crippen LogP contribution is 2.32. The molecule has 1 rings (SSSR count). The summed E-state index contributed by atoms with van der Waals surface area (Å²) < 4.78 is 5.24. The molecule has 0 aromatic heterocycles. The first-order valence-corrected chi connectivity index (χ1v) is 5.56. The van der Waals surface area contributed by atoms with Gasteiger partial charge in [0.2, 0.25) is 0 Å².